The Labute approximate surface area is 727 Å². The standard InChI is InChI=1S/C101H174O16P2/c1-4-7-10-13-16-19-22-25-28-31-33-35-37-39-41-43-45-46-47-48-50-52-53-55-57-59-61-64-66-69-72-75-78-81-84-87-99(104)111-90-96(102)91-113-118(107,108)114-92-97(103)93-115-119(109,110)116-95-98(117-101(106)89-86-83-80-77-74-71-68-63-30-27-24-21-18-15-12-9-6-3)94-112-100(105)88-85-82-79-76-73-70-67-65-62-60-58-56-54-51-49-44-42-40-38-36-34-32-29-26-23-20-17-14-11-8-5-2/h9,12,16-21,25-30,33-36,39-42,68,71,77,80,96-98,102-103H,4-8,10-11,13-15,22-24,31-32,37-38,43-67,69-70,72-76,78-79,81-95H2,1-3H3,(H,107,108)(H,109,110)/b12-9-,19-16-,20-17-,21-18-,28-25-,29-26-,30-27-,35-33-,36-34-,41-39-,42-40-,71-68-,80-77-. The summed E-state index contributed by atoms with van der Waals surface area (Å²) in [6, 6.07) is 0. The number of carbonyl (C=O) groups excluding carboxylic acids is 3. The van der Waals surface area contributed by atoms with Gasteiger partial charge in [-0.2, -0.15) is 0 Å². The number of carbonyl (C=O) groups is 3. The topological polar surface area (TPSA) is 231 Å². The van der Waals surface area contributed by atoms with Crippen molar-refractivity contribution in [2.24, 2.45) is 0 Å². The van der Waals surface area contributed by atoms with Crippen LogP contribution in [0.15, 0.2) is 158 Å². The maximum absolute atomic E-state index is 13.0. The molecular weight excluding hydrogens is 1530 g/mol. The summed E-state index contributed by atoms with van der Waals surface area (Å²) in [5.74, 6) is -1.63. The Morgan fingerprint density at radius 1 is 0.244 bits per heavy atom. The van der Waals surface area contributed by atoms with Gasteiger partial charge in [-0.3, -0.25) is 32.5 Å². The number of allylic oxidation sites excluding steroid dienone is 26. The normalized spacial score (nSPS) is 14.4. The van der Waals surface area contributed by atoms with Crippen molar-refractivity contribution >= 4 is 33.6 Å². The zero-order valence-electron chi connectivity index (χ0n) is 75.5. The first-order chi connectivity index (χ1) is 58.2. The van der Waals surface area contributed by atoms with Crippen molar-refractivity contribution in [2.75, 3.05) is 39.6 Å². The van der Waals surface area contributed by atoms with Gasteiger partial charge in [0.05, 0.1) is 26.4 Å². The van der Waals surface area contributed by atoms with Crippen molar-refractivity contribution in [3.05, 3.63) is 158 Å². The molecule has 0 aromatic rings. The highest BCUT2D eigenvalue weighted by Gasteiger charge is 2.29. The molecular formula is C101H174O16P2. The maximum atomic E-state index is 13.0. The van der Waals surface area contributed by atoms with Crippen molar-refractivity contribution in [1.29, 1.82) is 0 Å². The fraction of sp³-hybridized carbons (Fsp3) is 0.713. The van der Waals surface area contributed by atoms with Crippen molar-refractivity contribution in [3.8, 4) is 0 Å². The van der Waals surface area contributed by atoms with Gasteiger partial charge in [-0.15, -0.1) is 0 Å². The number of hydrogen-bond donors (Lipinski definition) is 4. The van der Waals surface area contributed by atoms with Crippen LogP contribution in [0.1, 0.15) is 406 Å². The molecule has 5 atom stereocenters. The van der Waals surface area contributed by atoms with Crippen LogP contribution >= 0.6 is 15.6 Å². The van der Waals surface area contributed by atoms with Gasteiger partial charge in [0.25, 0.3) is 0 Å². The predicted molar refractivity (Wildman–Crippen MR) is 500 cm³/mol. The minimum absolute atomic E-state index is 0.0238. The third-order valence-corrected chi connectivity index (χ3v) is 22.1. The lowest BCUT2D eigenvalue weighted by atomic mass is 10.0. The molecule has 0 fully saturated rings. The highest BCUT2D eigenvalue weighted by atomic mass is 31.2. The van der Waals surface area contributed by atoms with E-state index in [2.05, 4.69) is 167 Å². The molecule has 119 heavy (non-hydrogen) atoms. The van der Waals surface area contributed by atoms with E-state index in [1.807, 2.05) is 12.2 Å². The van der Waals surface area contributed by atoms with Crippen LogP contribution in [-0.4, -0.2) is 95.9 Å². The van der Waals surface area contributed by atoms with Crippen LogP contribution < -0.4 is 0 Å². The van der Waals surface area contributed by atoms with E-state index in [1.165, 1.54) is 225 Å². The molecule has 18 heteroatoms. The number of aliphatic hydroxyl groups is 2. The molecule has 0 radical (unpaired) electrons. The van der Waals surface area contributed by atoms with E-state index in [9.17, 15) is 43.5 Å². The van der Waals surface area contributed by atoms with Gasteiger partial charge in [0.2, 0.25) is 0 Å². The van der Waals surface area contributed by atoms with Crippen LogP contribution in [-0.2, 0) is 55.8 Å². The van der Waals surface area contributed by atoms with Crippen molar-refractivity contribution in [3.63, 3.8) is 0 Å². The zero-order valence-corrected chi connectivity index (χ0v) is 77.3. The molecule has 0 aromatic carbocycles. The van der Waals surface area contributed by atoms with Crippen molar-refractivity contribution in [2.45, 2.75) is 424 Å². The van der Waals surface area contributed by atoms with Crippen molar-refractivity contribution < 1.29 is 75.8 Å². The molecule has 684 valence electrons. The minimum Gasteiger partial charge on any atom is -0.463 e. The van der Waals surface area contributed by atoms with E-state index in [0.29, 0.717) is 25.7 Å². The van der Waals surface area contributed by atoms with Gasteiger partial charge >= 0.3 is 33.6 Å². The molecule has 0 amide bonds. The summed E-state index contributed by atoms with van der Waals surface area (Å²) in [5, 5.41) is 20.7. The summed E-state index contributed by atoms with van der Waals surface area (Å²) in [6.45, 7) is 2.49. The zero-order chi connectivity index (χ0) is 86.5. The fourth-order valence-corrected chi connectivity index (χ4v) is 14.6. The lowest BCUT2D eigenvalue weighted by molar-refractivity contribution is -0.161. The molecule has 4 N–H and O–H groups in total. The van der Waals surface area contributed by atoms with E-state index in [4.69, 9.17) is 32.3 Å². The number of phosphoric ester groups is 2. The second kappa shape index (κ2) is 92.4. The third-order valence-electron chi connectivity index (χ3n) is 20.2. The summed E-state index contributed by atoms with van der Waals surface area (Å²) in [4.78, 5) is 58.9. The summed E-state index contributed by atoms with van der Waals surface area (Å²) in [5.41, 5.74) is 0. The Morgan fingerprint density at radius 2 is 0.454 bits per heavy atom. The quantitative estimate of drug-likeness (QED) is 0.0146. The number of aliphatic hydroxyl groups excluding tert-OH is 2. The second-order valence-electron chi connectivity index (χ2n) is 31.8. The van der Waals surface area contributed by atoms with Crippen LogP contribution in [0.2, 0.25) is 0 Å². The van der Waals surface area contributed by atoms with Crippen LogP contribution in [0.25, 0.3) is 0 Å². The SMILES string of the molecule is CC/C=C\C/C=C\C/C=C\C/C=C\C/C=C\CCCC(=O)OC(COC(=O)CCCCCCCCCCCCCCCCC/C=C\C/C=C\C/C=C\C/C=C\CCCCC)COP(=O)(O)OCC(O)COP(=O)(O)OCC(O)COC(=O)CCCCCCCCCCCCCCCCCCCCC/C=C\C/C=C\C/C=C\C/C=C\CCCCC. The molecule has 0 aliphatic heterocycles. The van der Waals surface area contributed by atoms with E-state index < -0.39 is 91.5 Å². The average molecular weight is 1710 g/mol. The highest BCUT2D eigenvalue weighted by molar-refractivity contribution is 7.47. The Kier molecular flexibility index (Phi) is 88.6. The van der Waals surface area contributed by atoms with Gasteiger partial charge in [-0.25, -0.2) is 9.13 Å². The van der Waals surface area contributed by atoms with Crippen LogP contribution in [0.3, 0.4) is 0 Å². The van der Waals surface area contributed by atoms with E-state index in [0.717, 1.165) is 116 Å². The second-order valence-corrected chi connectivity index (χ2v) is 34.7. The van der Waals surface area contributed by atoms with Gasteiger partial charge < -0.3 is 34.2 Å². The Balaban J connectivity index is 4.48. The lowest BCUT2D eigenvalue weighted by Gasteiger charge is -2.21. The Bertz CT molecular complexity index is 2790. The van der Waals surface area contributed by atoms with E-state index >= 15 is 0 Å². The van der Waals surface area contributed by atoms with Gasteiger partial charge in [0, 0.05) is 19.3 Å². The number of esters is 3. The molecule has 0 bridgehead atoms. The first kappa shape index (κ1) is 114. The van der Waals surface area contributed by atoms with E-state index in [1.54, 1.807) is 0 Å². The van der Waals surface area contributed by atoms with Crippen LogP contribution in [0.4, 0.5) is 0 Å². The molecule has 5 unspecified atom stereocenters. The van der Waals surface area contributed by atoms with Crippen LogP contribution in [0, 0.1) is 0 Å². The van der Waals surface area contributed by atoms with Crippen LogP contribution in [0.5, 0.6) is 0 Å². The summed E-state index contributed by atoms with van der Waals surface area (Å²) >= 11 is 0. The van der Waals surface area contributed by atoms with Gasteiger partial charge in [0.1, 0.15) is 25.4 Å². The first-order valence-corrected chi connectivity index (χ1v) is 50.8. The Morgan fingerprint density at radius 3 is 0.731 bits per heavy atom. The molecule has 0 aliphatic rings. The highest BCUT2D eigenvalue weighted by Crippen LogP contribution is 2.45. The molecule has 0 saturated heterocycles. The molecule has 0 aliphatic carbocycles. The third kappa shape index (κ3) is 93.7. The predicted octanol–water partition coefficient (Wildman–Crippen LogP) is 29.7. The maximum Gasteiger partial charge on any atom is 0.472 e. The number of hydrogen-bond acceptors (Lipinski definition) is 14. The lowest BCUT2D eigenvalue weighted by Crippen LogP contribution is -2.30. The molecule has 16 nitrogen and oxygen atoms in total. The van der Waals surface area contributed by atoms with E-state index in [-0.39, 0.29) is 19.3 Å². The van der Waals surface area contributed by atoms with Crippen molar-refractivity contribution in [1.82, 2.24) is 0 Å². The first-order valence-electron chi connectivity index (χ1n) is 47.8. The minimum atomic E-state index is -4.96. The molecule has 0 saturated carbocycles. The fourth-order valence-electron chi connectivity index (χ4n) is 13.0. The number of rotatable bonds is 90. The summed E-state index contributed by atoms with van der Waals surface area (Å²) < 4.78 is 61.4. The van der Waals surface area contributed by atoms with Gasteiger partial charge in [-0.1, -0.05) is 397 Å². The van der Waals surface area contributed by atoms with Gasteiger partial charge in [-0.05, 0) is 148 Å². The number of phosphoric acid groups is 2. The molecule has 0 aromatic heterocycles. The molecule has 0 spiro atoms. The number of ether oxygens (including phenoxy) is 3. The summed E-state index contributed by atoms with van der Waals surface area (Å²) in [7, 11) is -9.83. The Hall–Kier alpha value is -4.83. The monoisotopic (exact) mass is 1710 g/mol. The smallest absolute Gasteiger partial charge is 0.463 e. The molecule has 0 heterocycles. The summed E-state index contributed by atoms with van der Waals surface area (Å²) in [6.07, 6.45) is 119. The molecule has 0 rings (SSSR count). The number of unbranched alkanes of at least 4 members (excludes halogenated alkanes) is 41. The largest absolute Gasteiger partial charge is 0.472 e. The van der Waals surface area contributed by atoms with Gasteiger partial charge in [0.15, 0.2) is 6.10 Å². The average Bonchev–Trinajstić information content (AvgIpc) is 0.898.